The summed E-state index contributed by atoms with van der Waals surface area (Å²) < 4.78 is 0. The number of carboxylic acid groups (broad SMARTS) is 2. The molecule has 0 bridgehead atoms. The largest absolute Gasteiger partial charge is 0.508 e. The third-order valence-electron chi connectivity index (χ3n) is 8.93. The second kappa shape index (κ2) is 15.2. The number of phenolic OH excluding ortho intramolecular Hbond substituents is 1. The molecule has 3 heterocycles. The lowest BCUT2D eigenvalue weighted by Gasteiger charge is -2.32. The Morgan fingerprint density at radius 2 is 1.36 bits per heavy atom. The lowest BCUT2D eigenvalue weighted by Crippen LogP contribution is -2.58. The van der Waals surface area contributed by atoms with E-state index in [1.54, 1.807) is 12.1 Å². The van der Waals surface area contributed by atoms with E-state index in [1.807, 2.05) is 0 Å². The van der Waals surface area contributed by atoms with Gasteiger partial charge in [0.2, 0.25) is 29.5 Å². The molecule has 0 aliphatic carbocycles. The van der Waals surface area contributed by atoms with Crippen LogP contribution in [0.3, 0.4) is 0 Å². The number of hydrogen-bond acceptors (Lipinski definition) is 9. The first-order valence-corrected chi connectivity index (χ1v) is 15.8. The van der Waals surface area contributed by atoms with E-state index in [0.29, 0.717) is 44.2 Å². The number of amides is 5. The Bertz CT molecular complexity index is 1390. The molecule has 0 aromatic heterocycles. The fraction of sp³-hybridized carbons (Fsp3) is 0.581. The van der Waals surface area contributed by atoms with Crippen LogP contribution in [0, 0.1) is 0 Å². The number of aliphatic carboxylic acids is 2. The van der Waals surface area contributed by atoms with Gasteiger partial charge in [-0.1, -0.05) is 12.1 Å². The minimum absolute atomic E-state index is 0.0328. The number of phenols is 1. The van der Waals surface area contributed by atoms with Crippen LogP contribution >= 0.6 is 0 Å². The molecule has 1 aromatic rings. The van der Waals surface area contributed by atoms with Crippen molar-refractivity contribution in [3.8, 4) is 5.75 Å². The van der Waals surface area contributed by atoms with Crippen molar-refractivity contribution < 1.29 is 48.9 Å². The molecule has 1 aromatic carbocycles. The molecule has 4 rings (SSSR count). The summed E-state index contributed by atoms with van der Waals surface area (Å²) in [6, 6.07) is -0.514. The van der Waals surface area contributed by atoms with Gasteiger partial charge in [-0.05, 0) is 69.6 Å². The van der Waals surface area contributed by atoms with Gasteiger partial charge in [-0.25, -0.2) is 4.79 Å². The van der Waals surface area contributed by atoms with Crippen LogP contribution in [-0.2, 0) is 40.0 Å². The summed E-state index contributed by atoms with van der Waals surface area (Å²) in [5, 5.41) is 33.5. The Morgan fingerprint density at radius 1 is 0.809 bits per heavy atom. The van der Waals surface area contributed by atoms with E-state index >= 15 is 0 Å². The molecule has 47 heavy (non-hydrogen) atoms. The Kier molecular flexibility index (Phi) is 11.4. The topological polar surface area (TPSA) is 240 Å². The van der Waals surface area contributed by atoms with Gasteiger partial charge in [0.1, 0.15) is 36.0 Å². The van der Waals surface area contributed by atoms with E-state index < -0.39 is 84.1 Å². The molecule has 0 saturated carbocycles. The molecule has 7 N–H and O–H groups in total. The number of benzene rings is 1. The Hall–Kier alpha value is -4.73. The summed E-state index contributed by atoms with van der Waals surface area (Å²) in [7, 11) is 0. The van der Waals surface area contributed by atoms with Gasteiger partial charge in [-0.15, -0.1) is 0 Å². The summed E-state index contributed by atoms with van der Waals surface area (Å²) in [6.45, 7) is 2.13. The number of likely N-dealkylation sites (tertiary alicyclic amines) is 3. The van der Waals surface area contributed by atoms with Crippen molar-refractivity contribution in [2.75, 3.05) is 19.6 Å². The van der Waals surface area contributed by atoms with E-state index in [2.05, 4.69) is 10.6 Å². The molecule has 5 amide bonds. The molecule has 6 atom stereocenters. The maximum absolute atomic E-state index is 13.5. The highest BCUT2D eigenvalue weighted by molar-refractivity contribution is 5.97. The smallest absolute Gasteiger partial charge is 0.326 e. The van der Waals surface area contributed by atoms with E-state index in [-0.39, 0.29) is 31.7 Å². The quantitative estimate of drug-likeness (QED) is 0.156. The Labute approximate surface area is 271 Å². The van der Waals surface area contributed by atoms with Crippen LogP contribution in [0.1, 0.15) is 57.4 Å². The number of nitrogens with one attached hydrogen (secondary N) is 2. The molecule has 256 valence electrons. The van der Waals surface area contributed by atoms with Gasteiger partial charge in [-0.3, -0.25) is 28.8 Å². The average Bonchev–Trinajstić information content (AvgIpc) is 3.81. The van der Waals surface area contributed by atoms with Gasteiger partial charge in [0.25, 0.3) is 0 Å². The van der Waals surface area contributed by atoms with Gasteiger partial charge >= 0.3 is 11.9 Å². The summed E-state index contributed by atoms with van der Waals surface area (Å²) in [5.74, 6) is -5.55. The first-order chi connectivity index (χ1) is 22.3. The minimum atomic E-state index is -1.50. The van der Waals surface area contributed by atoms with Crippen molar-refractivity contribution >= 4 is 41.5 Å². The number of carbonyl (C=O) groups is 7. The maximum Gasteiger partial charge on any atom is 0.326 e. The van der Waals surface area contributed by atoms with Crippen molar-refractivity contribution in [3.05, 3.63) is 29.8 Å². The zero-order valence-corrected chi connectivity index (χ0v) is 26.2. The molecule has 3 aliphatic rings. The molecular weight excluding hydrogens is 616 g/mol. The van der Waals surface area contributed by atoms with Crippen molar-refractivity contribution in [3.63, 3.8) is 0 Å². The van der Waals surface area contributed by atoms with Gasteiger partial charge in [0.15, 0.2) is 0 Å². The third kappa shape index (κ3) is 8.36. The molecule has 3 saturated heterocycles. The lowest BCUT2D eigenvalue weighted by molar-refractivity contribution is -0.152. The third-order valence-corrected chi connectivity index (χ3v) is 8.93. The number of carboxylic acids is 2. The van der Waals surface area contributed by atoms with E-state index in [4.69, 9.17) is 5.73 Å². The van der Waals surface area contributed by atoms with Gasteiger partial charge in [-0.2, -0.15) is 0 Å². The zero-order chi connectivity index (χ0) is 34.4. The van der Waals surface area contributed by atoms with Crippen molar-refractivity contribution in [2.45, 2.75) is 94.5 Å². The number of aromatic hydroxyl groups is 1. The zero-order valence-electron chi connectivity index (χ0n) is 26.2. The standard InChI is InChI=1S/C31H42N6O10/c1-17(28(43)36-13-3-6-23(36)30(45)37-14-4-7-24(37)31(46)47)33-27(42)22-5-2-12-35(22)29(44)21(16-25(39)40)34-26(41)20(32)15-18-8-10-19(38)11-9-18/h8-11,17,20-24,38H,2-7,12-16,32H2,1H3,(H,33,42)(H,34,41)(H,39,40)(H,46,47). The van der Waals surface area contributed by atoms with Crippen LogP contribution < -0.4 is 16.4 Å². The first kappa shape index (κ1) is 35.1. The van der Waals surface area contributed by atoms with Crippen LogP contribution in [0.25, 0.3) is 0 Å². The predicted molar refractivity (Wildman–Crippen MR) is 163 cm³/mol. The molecular formula is C31H42N6O10. The fourth-order valence-electron chi connectivity index (χ4n) is 6.52. The maximum atomic E-state index is 13.5. The highest BCUT2D eigenvalue weighted by atomic mass is 16.4. The predicted octanol–water partition coefficient (Wildman–Crippen LogP) is -1.22. The van der Waals surface area contributed by atoms with E-state index in [9.17, 15) is 48.9 Å². The second-order valence-electron chi connectivity index (χ2n) is 12.3. The summed E-state index contributed by atoms with van der Waals surface area (Å²) in [5.41, 5.74) is 6.65. The van der Waals surface area contributed by atoms with Gasteiger partial charge < -0.3 is 46.4 Å². The van der Waals surface area contributed by atoms with Crippen LogP contribution in [0.15, 0.2) is 24.3 Å². The van der Waals surface area contributed by atoms with Crippen molar-refractivity contribution in [1.82, 2.24) is 25.3 Å². The van der Waals surface area contributed by atoms with E-state index in [1.165, 1.54) is 33.8 Å². The van der Waals surface area contributed by atoms with E-state index in [0.717, 1.165) is 0 Å². The fourth-order valence-corrected chi connectivity index (χ4v) is 6.52. The molecule has 0 spiro atoms. The molecule has 3 fully saturated rings. The number of carbonyl (C=O) groups excluding carboxylic acids is 5. The molecule has 16 heteroatoms. The summed E-state index contributed by atoms with van der Waals surface area (Å²) in [6.07, 6.45) is 1.77. The van der Waals surface area contributed by atoms with Crippen molar-refractivity contribution in [1.29, 1.82) is 0 Å². The number of hydrogen-bond donors (Lipinski definition) is 6. The normalized spacial score (nSPS) is 22.8. The van der Waals surface area contributed by atoms with Crippen LogP contribution in [0.4, 0.5) is 0 Å². The second-order valence-corrected chi connectivity index (χ2v) is 12.3. The molecule has 3 aliphatic heterocycles. The average molecular weight is 659 g/mol. The Balaban J connectivity index is 1.38. The number of nitrogens with zero attached hydrogens (tertiary/aromatic N) is 3. The molecule has 16 nitrogen and oxygen atoms in total. The number of rotatable bonds is 12. The number of nitrogens with two attached hydrogens (primary N) is 1. The highest BCUT2D eigenvalue weighted by Gasteiger charge is 2.44. The van der Waals surface area contributed by atoms with Crippen LogP contribution in [0.5, 0.6) is 5.75 Å². The summed E-state index contributed by atoms with van der Waals surface area (Å²) >= 11 is 0. The minimum Gasteiger partial charge on any atom is -0.508 e. The molecule has 0 radical (unpaired) electrons. The van der Waals surface area contributed by atoms with Gasteiger partial charge in [0.05, 0.1) is 12.5 Å². The first-order valence-electron chi connectivity index (χ1n) is 15.8. The Morgan fingerprint density at radius 3 is 1.96 bits per heavy atom. The monoisotopic (exact) mass is 658 g/mol. The summed E-state index contributed by atoms with van der Waals surface area (Å²) in [4.78, 5) is 93.6. The van der Waals surface area contributed by atoms with Crippen molar-refractivity contribution in [2.24, 2.45) is 5.73 Å². The van der Waals surface area contributed by atoms with Gasteiger partial charge in [0, 0.05) is 19.6 Å². The lowest BCUT2D eigenvalue weighted by atomic mass is 10.0. The molecule has 6 unspecified atom stereocenters. The SMILES string of the molecule is CC(NC(=O)C1CCCN1C(=O)C(CC(=O)O)NC(=O)C(N)Cc1ccc(O)cc1)C(=O)N1CCCC1C(=O)N1CCCC1C(=O)O. The highest BCUT2D eigenvalue weighted by Crippen LogP contribution is 2.26. The van der Waals surface area contributed by atoms with Crippen LogP contribution in [0.2, 0.25) is 0 Å². The van der Waals surface area contributed by atoms with Crippen LogP contribution in [-0.4, -0.2) is 127 Å².